The Morgan fingerprint density at radius 2 is 2.15 bits per heavy atom. The Hall–Kier alpha value is -0.580. The number of sulfone groups is 1. The van der Waals surface area contributed by atoms with Crippen molar-refractivity contribution in [2.45, 2.75) is 25.0 Å². The lowest BCUT2D eigenvalue weighted by Crippen LogP contribution is -2.31. The van der Waals surface area contributed by atoms with Gasteiger partial charge in [0.1, 0.15) is 0 Å². The van der Waals surface area contributed by atoms with Crippen LogP contribution in [-0.4, -0.2) is 32.5 Å². The maximum absolute atomic E-state index is 11.2. The first-order chi connectivity index (χ1) is 5.96. The predicted molar refractivity (Wildman–Crippen MR) is 48.0 cm³/mol. The Kier molecular flexibility index (Phi) is 2.95. The zero-order valence-corrected chi connectivity index (χ0v) is 8.63. The highest BCUT2D eigenvalue weighted by molar-refractivity contribution is 7.92. The molecular weight excluding hydrogens is 192 g/mol. The van der Waals surface area contributed by atoms with Crippen LogP contribution in [0.4, 0.5) is 0 Å². The van der Waals surface area contributed by atoms with Gasteiger partial charge in [0.05, 0.1) is 6.61 Å². The van der Waals surface area contributed by atoms with Crippen molar-refractivity contribution in [1.82, 2.24) is 0 Å². The minimum atomic E-state index is -3.30. The Bertz CT molecular complexity index is 293. The van der Waals surface area contributed by atoms with Crippen molar-refractivity contribution in [2.75, 3.05) is 12.9 Å². The van der Waals surface area contributed by atoms with Gasteiger partial charge in [-0.25, -0.2) is 8.42 Å². The number of hydrogen-bond donors (Lipinski definition) is 0. The van der Waals surface area contributed by atoms with Gasteiger partial charge in [-0.05, 0) is 6.42 Å². The van der Waals surface area contributed by atoms with E-state index in [0.717, 1.165) is 19.1 Å². The van der Waals surface area contributed by atoms with E-state index in [1.165, 1.54) is 0 Å². The molecule has 4 nitrogen and oxygen atoms in total. The SMILES string of the molecule is CCC[C@H]1COC(=O)C1S(C)(=O)=O. The molecule has 0 N–H and O–H groups in total. The van der Waals surface area contributed by atoms with Gasteiger partial charge in [-0.15, -0.1) is 0 Å². The number of hydrogen-bond acceptors (Lipinski definition) is 4. The van der Waals surface area contributed by atoms with Crippen LogP contribution in [0, 0.1) is 5.92 Å². The second-order valence-electron chi connectivity index (χ2n) is 3.43. The quantitative estimate of drug-likeness (QED) is 0.626. The molecule has 1 heterocycles. The van der Waals surface area contributed by atoms with Crippen LogP contribution in [0.2, 0.25) is 0 Å². The molecule has 0 amide bonds. The van der Waals surface area contributed by atoms with Gasteiger partial charge in [-0.1, -0.05) is 13.3 Å². The third-order valence-corrected chi connectivity index (χ3v) is 3.72. The molecule has 13 heavy (non-hydrogen) atoms. The highest BCUT2D eigenvalue weighted by Crippen LogP contribution is 2.25. The van der Waals surface area contributed by atoms with Crippen LogP contribution in [0.3, 0.4) is 0 Å². The highest BCUT2D eigenvalue weighted by atomic mass is 32.2. The Morgan fingerprint density at radius 1 is 1.54 bits per heavy atom. The molecule has 1 rings (SSSR count). The Labute approximate surface area is 78.2 Å². The average Bonchev–Trinajstić information content (AvgIpc) is 2.31. The van der Waals surface area contributed by atoms with E-state index in [0.29, 0.717) is 0 Å². The molecule has 0 aromatic carbocycles. The maximum atomic E-state index is 11.2. The van der Waals surface area contributed by atoms with Gasteiger partial charge < -0.3 is 4.74 Å². The summed E-state index contributed by atoms with van der Waals surface area (Å²) in [7, 11) is -3.30. The normalized spacial score (nSPS) is 28.9. The minimum absolute atomic E-state index is 0.146. The minimum Gasteiger partial charge on any atom is -0.464 e. The van der Waals surface area contributed by atoms with Crippen molar-refractivity contribution in [3.05, 3.63) is 0 Å². The van der Waals surface area contributed by atoms with Crippen molar-refractivity contribution in [2.24, 2.45) is 5.92 Å². The standard InChI is InChI=1S/C8H14O4S/c1-3-4-6-5-12-8(9)7(6)13(2,10)11/h6-7H,3-5H2,1-2H3/t6-,7?/m0/s1. The molecule has 1 aliphatic heterocycles. The summed E-state index contributed by atoms with van der Waals surface area (Å²) < 4.78 is 27.2. The number of esters is 1. The number of cyclic esters (lactones) is 1. The fraction of sp³-hybridized carbons (Fsp3) is 0.875. The van der Waals surface area contributed by atoms with Gasteiger partial charge in [0.2, 0.25) is 0 Å². The Morgan fingerprint density at radius 3 is 2.62 bits per heavy atom. The number of ether oxygens (including phenoxy) is 1. The van der Waals surface area contributed by atoms with Crippen molar-refractivity contribution < 1.29 is 17.9 Å². The highest BCUT2D eigenvalue weighted by Gasteiger charge is 2.43. The molecule has 2 atom stereocenters. The molecule has 0 spiro atoms. The van der Waals surface area contributed by atoms with Crippen molar-refractivity contribution in [3.63, 3.8) is 0 Å². The first kappa shape index (κ1) is 10.5. The summed E-state index contributed by atoms with van der Waals surface area (Å²) in [6.07, 6.45) is 2.68. The molecule has 1 unspecified atom stereocenters. The lowest BCUT2D eigenvalue weighted by atomic mass is 10.0. The summed E-state index contributed by atoms with van der Waals surface area (Å²) in [5, 5.41) is -0.924. The van der Waals surface area contributed by atoms with E-state index in [-0.39, 0.29) is 12.5 Å². The summed E-state index contributed by atoms with van der Waals surface area (Å²) in [5.41, 5.74) is 0. The molecule has 0 aliphatic carbocycles. The summed E-state index contributed by atoms with van der Waals surface area (Å²) in [5.74, 6) is -0.728. The van der Waals surface area contributed by atoms with Gasteiger partial charge in [-0.2, -0.15) is 0 Å². The fourth-order valence-electron chi connectivity index (χ4n) is 1.68. The zero-order valence-electron chi connectivity index (χ0n) is 7.82. The first-order valence-electron chi connectivity index (χ1n) is 4.32. The molecule has 76 valence electrons. The van der Waals surface area contributed by atoms with Crippen LogP contribution in [0.15, 0.2) is 0 Å². The van der Waals surface area contributed by atoms with Crippen LogP contribution in [0.1, 0.15) is 19.8 Å². The van der Waals surface area contributed by atoms with Crippen LogP contribution in [0.25, 0.3) is 0 Å². The molecule has 0 saturated carbocycles. The third kappa shape index (κ3) is 2.21. The predicted octanol–water partition coefficient (Wildman–Crippen LogP) is 0.373. The van der Waals surface area contributed by atoms with E-state index in [9.17, 15) is 13.2 Å². The topological polar surface area (TPSA) is 60.4 Å². The molecule has 0 bridgehead atoms. The number of carbonyl (C=O) groups is 1. The van der Waals surface area contributed by atoms with E-state index in [1.54, 1.807) is 0 Å². The van der Waals surface area contributed by atoms with E-state index in [4.69, 9.17) is 4.74 Å². The molecule has 1 aliphatic rings. The molecule has 0 aromatic rings. The van der Waals surface area contributed by atoms with Crippen molar-refractivity contribution in [1.29, 1.82) is 0 Å². The zero-order chi connectivity index (χ0) is 10.1. The maximum Gasteiger partial charge on any atom is 0.324 e. The molecule has 0 radical (unpaired) electrons. The van der Waals surface area contributed by atoms with E-state index in [2.05, 4.69) is 0 Å². The van der Waals surface area contributed by atoms with E-state index < -0.39 is 21.1 Å². The molecular formula is C8H14O4S. The monoisotopic (exact) mass is 206 g/mol. The van der Waals surface area contributed by atoms with Crippen LogP contribution in [-0.2, 0) is 19.4 Å². The summed E-state index contributed by atoms with van der Waals surface area (Å²) >= 11 is 0. The lowest BCUT2D eigenvalue weighted by molar-refractivity contribution is -0.137. The van der Waals surface area contributed by atoms with E-state index >= 15 is 0 Å². The smallest absolute Gasteiger partial charge is 0.324 e. The van der Waals surface area contributed by atoms with Crippen molar-refractivity contribution >= 4 is 15.8 Å². The van der Waals surface area contributed by atoms with Crippen molar-refractivity contribution in [3.8, 4) is 0 Å². The largest absolute Gasteiger partial charge is 0.464 e. The first-order valence-corrected chi connectivity index (χ1v) is 6.27. The lowest BCUT2D eigenvalue weighted by Gasteiger charge is -2.11. The second kappa shape index (κ2) is 3.65. The molecule has 5 heteroatoms. The summed E-state index contributed by atoms with van der Waals surface area (Å²) in [6, 6.07) is 0. The van der Waals surface area contributed by atoms with Gasteiger partial charge in [0, 0.05) is 12.2 Å². The van der Waals surface area contributed by atoms with Gasteiger partial charge >= 0.3 is 5.97 Å². The number of rotatable bonds is 3. The summed E-state index contributed by atoms with van der Waals surface area (Å²) in [4.78, 5) is 11.1. The van der Waals surface area contributed by atoms with Crippen LogP contribution >= 0.6 is 0 Å². The van der Waals surface area contributed by atoms with Gasteiger partial charge in [0.25, 0.3) is 0 Å². The van der Waals surface area contributed by atoms with E-state index in [1.807, 2.05) is 6.92 Å². The van der Waals surface area contributed by atoms with Crippen LogP contribution in [0.5, 0.6) is 0 Å². The Balaban J connectivity index is 2.84. The average molecular weight is 206 g/mol. The molecule has 1 fully saturated rings. The fourth-order valence-corrected chi connectivity index (χ4v) is 3.01. The van der Waals surface area contributed by atoms with Crippen LogP contribution < -0.4 is 0 Å². The molecule has 1 saturated heterocycles. The third-order valence-electron chi connectivity index (χ3n) is 2.22. The number of carbonyl (C=O) groups excluding carboxylic acids is 1. The van der Waals surface area contributed by atoms with Gasteiger partial charge in [0.15, 0.2) is 15.1 Å². The van der Waals surface area contributed by atoms with Gasteiger partial charge in [-0.3, -0.25) is 4.79 Å². The second-order valence-corrected chi connectivity index (χ2v) is 5.60. The molecule has 0 aromatic heterocycles. The summed E-state index contributed by atoms with van der Waals surface area (Å²) in [6.45, 7) is 2.21.